The maximum atomic E-state index is 12.0. The second kappa shape index (κ2) is 6.28. The highest BCUT2D eigenvalue weighted by molar-refractivity contribution is 7.89. The van der Waals surface area contributed by atoms with Crippen molar-refractivity contribution < 1.29 is 17.9 Å². The van der Waals surface area contributed by atoms with Crippen LogP contribution in [0.3, 0.4) is 0 Å². The van der Waals surface area contributed by atoms with E-state index in [-0.39, 0.29) is 11.5 Å². The number of rotatable bonds is 4. The molecule has 0 aliphatic rings. The summed E-state index contributed by atoms with van der Waals surface area (Å²) in [5.74, 6) is -0.328. The van der Waals surface area contributed by atoms with E-state index in [1.54, 1.807) is 36.4 Å². The van der Waals surface area contributed by atoms with Gasteiger partial charge in [-0.15, -0.1) is 0 Å². The van der Waals surface area contributed by atoms with Crippen LogP contribution in [-0.2, 0) is 15.6 Å². The quantitative estimate of drug-likeness (QED) is 0.640. The summed E-state index contributed by atoms with van der Waals surface area (Å²) in [4.78, 5) is 12.0. The Labute approximate surface area is 128 Å². The molecule has 110 valence electrons. The number of carbonyl (C=O) groups excluding carboxylic acids is 1. The third kappa shape index (κ3) is 4.58. The highest BCUT2D eigenvalue weighted by Crippen LogP contribution is 2.24. The largest absolute Gasteiger partial charge is 0.421 e. The molecular formula is C15H13ClO4S. The van der Waals surface area contributed by atoms with Gasteiger partial charge in [0.25, 0.3) is 0 Å². The van der Waals surface area contributed by atoms with E-state index in [1.165, 1.54) is 12.1 Å². The van der Waals surface area contributed by atoms with Crippen LogP contribution in [0.2, 0.25) is 5.02 Å². The Morgan fingerprint density at radius 1 is 1.10 bits per heavy atom. The van der Waals surface area contributed by atoms with Gasteiger partial charge in [0.2, 0.25) is 0 Å². The Balaban J connectivity index is 2.12. The fourth-order valence-corrected chi connectivity index (χ4v) is 2.70. The average molecular weight is 325 g/mol. The molecule has 0 saturated heterocycles. The molecule has 0 amide bonds. The first-order chi connectivity index (χ1) is 9.85. The van der Waals surface area contributed by atoms with Gasteiger partial charge in [0.1, 0.15) is 5.75 Å². The molecule has 0 radical (unpaired) electrons. The summed E-state index contributed by atoms with van der Waals surface area (Å²) < 4.78 is 27.6. The number of halogens is 1. The number of carbonyl (C=O) groups is 1. The molecule has 2 aromatic carbocycles. The Kier molecular flexibility index (Phi) is 4.65. The van der Waals surface area contributed by atoms with E-state index >= 15 is 0 Å². The van der Waals surface area contributed by atoms with E-state index < -0.39 is 15.8 Å². The summed E-state index contributed by atoms with van der Waals surface area (Å²) >= 11 is 5.91. The van der Waals surface area contributed by atoms with Gasteiger partial charge in [0, 0.05) is 6.26 Å². The van der Waals surface area contributed by atoms with Crippen LogP contribution in [0, 0.1) is 0 Å². The molecule has 6 heteroatoms. The SMILES string of the molecule is CS(=O)(=O)Cc1ccc(C(=O)Oc2ccccc2Cl)cc1. The lowest BCUT2D eigenvalue weighted by molar-refractivity contribution is 0.0735. The van der Waals surface area contributed by atoms with Gasteiger partial charge >= 0.3 is 5.97 Å². The van der Waals surface area contributed by atoms with Crippen LogP contribution in [0.1, 0.15) is 15.9 Å². The van der Waals surface area contributed by atoms with Gasteiger partial charge in [-0.2, -0.15) is 0 Å². The van der Waals surface area contributed by atoms with Gasteiger partial charge in [-0.1, -0.05) is 35.9 Å². The predicted octanol–water partition coefficient (Wildman–Crippen LogP) is 3.10. The summed E-state index contributed by atoms with van der Waals surface area (Å²) in [6.07, 6.45) is 1.16. The minimum absolute atomic E-state index is 0.0627. The van der Waals surface area contributed by atoms with Gasteiger partial charge in [0.15, 0.2) is 9.84 Å². The minimum Gasteiger partial charge on any atom is -0.421 e. The zero-order valence-corrected chi connectivity index (χ0v) is 12.8. The van der Waals surface area contributed by atoms with Crippen molar-refractivity contribution in [3.8, 4) is 5.75 Å². The highest BCUT2D eigenvalue weighted by Gasteiger charge is 2.11. The standard InChI is InChI=1S/C15H13ClO4S/c1-21(18,19)10-11-6-8-12(9-7-11)15(17)20-14-5-3-2-4-13(14)16/h2-9H,10H2,1H3. The van der Waals surface area contributed by atoms with Crippen LogP contribution in [0.4, 0.5) is 0 Å². The smallest absolute Gasteiger partial charge is 0.343 e. The lowest BCUT2D eigenvalue weighted by atomic mass is 10.1. The molecule has 2 aromatic rings. The molecule has 0 bridgehead atoms. The van der Waals surface area contributed by atoms with Gasteiger partial charge < -0.3 is 4.74 Å². The first kappa shape index (κ1) is 15.5. The third-order valence-electron chi connectivity index (χ3n) is 2.66. The predicted molar refractivity (Wildman–Crippen MR) is 81.4 cm³/mol. The van der Waals surface area contributed by atoms with Crippen molar-refractivity contribution in [2.24, 2.45) is 0 Å². The van der Waals surface area contributed by atoms with Gasteiger partial charge in [-0.05, 0) is 29.8 Å². The fraction of sp³-hybridized carbons (Fsp3) is 0.133. The summed E-state index contributed by atoms with van der Waals surface area (Å²) in [6, 6.07) is 12.9. The number of esters is 1. The van der Waals surface area contributed by atoms with Crippen molar-refractivity contribution in [2.45, 2.75) is 5.75 Å². The van der Waals surface area contributed by atoms with E-state index in [0.29, 0.717) is 16.1 Å². The Hall–Kier alpha value is -1.85. The molecule has 0 aromatic heterocycles. The van der Waals surface area contributed by atoms with Crippen LogP contribution in [0.15, 0.2) is 48.5 Å². The fourth-order valence-electron chi connectivity index (χ4n) is 1.73. The molecule has 4 nitrogen and oxygen atoms in total. The topological polar surface area (TPSA) is 60.4 Å². The normalized spacial score (nSPS) is 11.1. The van der Waals surface area contributed by atoms with Crippen LogP contribution < -0.4 is 4.74 Å². The number of hydrogen-bond donors (Lipinski definition) is 0. The second-order valence-electron chi connectivity index (χ2n) is 4.59. The second-order valence-corrected chi connectivity index (χ2v) is 7.13. The molecule has 0 fully saturated rings. The molecule has 0 N–H and O–H groups in total. The van der Waals surface area contributed by atoms with Crippen molar-refractivity contribution in [2.75, 3.05) is 6.26 Å². The van der Waals surface area contributed by atoms with Crippen LogP contribution in [0.25, 0.3) is 0 Å². The molecule has 21 heavy (non-hydrogen) atoms. The molecule has 0 spiro atoms. The zero-order valence-electron chi connectivity index (χ0n) is 11.2. The number of hydrogen-bond acceptors (Lipinski definition) is 4. The Morgan fingerprint density at radius 3 is 2.29 bits per heavy atom. The van der Waals surface area contributed by atoms with Crippen molar-refractivity contribution in [3.63, 3.8) is 0 Å². The van der Waals surface area contributed by atoms with E-state index in [1.807, 2.05) is 0 Å². The average Bonchev–Trinajstić information content (AvgIpc) is 2.40. The van der Waals surface area contributed by atoms with Crippen LogP contribution in [0.5, 0.6) is 5.75 Å². The first-order valence-electron chi connectivity index (χ1n) is 6.08. The number of benzene rings is 2. The monoisotopic (exact) mass is 324 g/mol. The van der Waals surface area contributed by atoms with E-state index in [2.05, 4.69) is 0 Å². The van der Waals surface area contributed by atoms with Gasteiger partial charge in [-0.25, -0.2) is 13.2 Å². The lowest BCUT2D eigenvalue weighted by Crippen LogP contribution is -2.09. The lowest BCUT2D eigenvalue weighted by Gasteiger charge is -2.06. The van der Waals surface area contributed by atoms with E-state index in [9.17, 15) is 13.2 Å². The molecule has 0 heterocycles. The first-order valence-corrected chi connectivity index (χ1v) is 8.52. The molecule has 2 rings (SSSR count). The van der Waals surface area contributed by atoms with Crippen molar-refractivity contribution in [1.82, 2.24) is 0 Å². The van der Waals surface area contributed by atoms with E-state index in [4.69, 9.17) is 16.3 Å². The maximum Gasteiger partial charge on any atom is 0.343 e. The maximum absolute atomic E-state index is 12.0. The molecule has 0 saturated carbocycles. The van der Waals surface area contributed by atoms with Crippen molar-refractivity contribution in [3.05, 3.63) is 64.7 Å². The number of ether oxygens (including phenoxy) is 1. The van der Waals surface area contributed by atoms with Crippen molar-refractivity contribution >= 4 is 27.4 Å². The van der Waals surface area contributed by atoms with Crippen LogP contribution in [-0.4, -0.2) is 20.6 Å². The summed E-state index contributed by atoms with van der Waals surface area (Å²) in [6.45, 7) is 0. The van der Waals surface area contributed by atoms with Gasteiger partial charge in [-0.3, -0.25) is 0 Å². The minimum atomic E-state index is -3.10. The summed E-state index contributed by atoms with van der Waals surface area (Å²) in [7, 11) is -3.10. The molecule has 0 unspecified atom stereocenters. The Morgan fingerprint density at radius 2 is 1.71 bits per heavy atom. The molecular weight excluding hydrogens is 312 g/mol. The Bertz CT molecular complexity index is 751. The van der Waals surface area contributed by atoms with Gasteiger partial charge in [0.05, 0.1) is 16.3 Å². The molecule has 0 aliphatic carbocycles. The highest BCUT2D eigenvalue weighted by atomic mass is 35.5. The zero-order chi connectivity index (χ0) is 15.5. The third-order valence-corrected chi connectivity index (χ3v) is 3.83. The summed E-state index contributed by atoms with van der Waals surface area (Å²) in [5.41, 5.74) is 0.943. The number of sulfone groups is 1. The van der Waals surface area contributed by atoms with Crippen molar-refractivity contribution in [1.29, 1.82) is 0 Å². The molecule has 0 atom stereocenters. The summed E-state index contributed by atoms with van der Waals surface area (Å²) in [5, 5.41) is 0.347. The van der Waals surface area contributed by atoms with E-state index in [0.717, 1.165) is 6.26 Å². The number of para-hydroxylation sites is 1. The molecule has 0 aliphatic heterocycles. The van der Waals surface area contributed by atoms with Crippen LogP contribution >= 0.6 is 11.6 Å².